The van der Waals surface area contributed by atoms with Crippen molar-refractivity contribution in [2.24, 2.45) is 0 Å². The van der Waals surface area contributed by atoms with Crippen LogP contribution in [0.25, 0.3) is 0 Å². The minimum Gasteiger partial charge on any atom is -0.383 e. The van der Waals surface area contributed by atoms with Crippen LogP contribution < -0.4 is 5.32 Å². The summed E-state index contributed by atoms with van der Waals surface area (Å²) in [7, 11) is 3.69. The Morgan fingerprint density at radius 1 is 1.39 bits per heavy atom. The Bertz CT molecular complexity index is 346. The molecule has 1 rings (SSSR count). The van der Waals surface area contributed by atoms with E-state index in [1.807, 2.05) is 19.2 Å². The zero-order chi connectivity index (χ0) is 13.4. The van der Waals surface area contributed by atoms with E-state index >= 15 is 0 Å². The first kappa shape index (κ1) is 15.1. The quantitative estimate of drug-likeness (QED) is 0.766. The van der Waals surface area contributed by atoms with Crippen LogP contribution in [-0.2, 0) is 11.3 Å². The van der Waals surface area contributed by atoms with Crippen molar-refractivity contribution in [3.05, 3.63) is 35.6 Å². The molecular weight excluding hydrogens is 231 g/mol. The summed E-state index contributed by atoms with van der Waals surface area (Å²) in [5.74, 6) is -0.134. The van der Waals surface area contributed by atoms with Gasteiger partial charge in [0.15, 0.2) is 0 Å². The minimum absolute atomic E-state index is 0.134. The lowest BCUT2D eigenvalue weighted by atomic mass is 10.2. The average Bonchev–Trinajstić information content (AvgIpc) is 2.32. The fourth-order valence-corrected chi connectivity index (χ4v) is 1.81. The molecule has 0 aliphatic heterocycles. The van der Waals surface area contributed by atoms with E-state index in [9.17, 15) is 4.39 Å². The van der Waals surface area contributed by atoms with Crippen LogP contribution in [0.2, 0.25) is 0 Å². The molecule has 1 atom stereocenters. The normalized spacial score (nSPS) is 12.9. The van der Waals surface area contributed by atoms with Crippen LogP contribution in [0, 0.1) is 5.82 Å². The minimum atomic E-state index is -0.134. The van der Waals surface area contributed by atoms with Crippen LogP contribution in [0.1, 0.15) is 12.5 Å². The van der Waals surface area contributed by atoms with E-state index in [0.717, 1.165) is 18.7 Å². The van der Waals surface area contributed by atoms with Crippen molar-refractivity contribution in [3.63, 3.8) is 0 Å². The second kappa shape index (κ2) is 8.19. The zero-order valence-corrected chi connectivity index (χ0v) is 11.4. The van der Waals surface area contributed by atoms with Crippen LogP contribution >= 0.6 is 0 Å². The van der Waals surface area contributed by atoms with Crippen LogP contribution in [0.5, 0.6) is 0 Å². The molecule has 0 radical (unpaired) electrons. The molecule has 3 nitrogen and oxygen atoms in total. The van der Waals surface area contributed by atoms with Gasteiger partial charge in [-0.1, -0.05) is 18.2 Å². The smallest absolute Gasteiger partial charge is 0.127 e. The monoisotopic (exact) mass is 254 g/mol. The van der Waals surface area contributed by atoms with Crippen molar-refractivity contribution in [3.8, 4) is 0 Å². The van der Waals surface area contributed by atoms with Crippen molar-refractivity contribution in [1.29, 1.82) is 0 Å². The van der Waals surface area contributed by atoms with Crippen LogP contribution in [-0.4, -0.2) is 44.8 Å². The average molecular weight is 254 g/mol. The third-order valence-electron chi connectivity index (χ3n) is 2.80. The number of hydrogen-bond donors (Lipinski definition) is 1. The van der Waals surface area contributed by atoms with Gasteiger partial charge in [-0.15, -0.1) is 0 Å². The van der Waals surface area contributed by atoms with Gasteiger partial charge in [-0.05, 0) is 20.0 Å². The van der Waals surface area contributed by atoms with E-state index in [4.69, 9.17) is 4.74 Å². The lowest BCUT2D eigenvalue weighted by Crippen LogP contribution is -2.36. The van der Waals surface area contributed by atoms with Gasteiger partial charge in [0.1, 0.15) is 5.82 Å². The van der Waals surface area contributed by atoms with Crippen molar-refractivity contribution < 1.29 is 9.13 Å². The third-order valence-corrected chi connectivity index (χ3v) is 2.80. The Labute approximate surface area is 109 Å². The number of likely N-dealkylation sites (N-methyl/N-ethyl adjacent to an activating group) is 1. The van der Waals surface area contributed by atoms with Crippen molar-refractivity contribution in [2.75, 3.05) is 33.9 Å². The van der Waals surface area contributed by atoms with Gasteiger partial charge in [0.2, 0.25) is 0 Å². The van der Waals surface area contributed by atoms with Crippen molar-refractivity contribution >= 4 is 0 Å². The molecule has 0 amide bonds. The Balaban J connectivity index is 2.26. The number of hydrogen-bond acceptors (Lipinski definition) is 3. The summed E-state index contributed by atoms with van der Waals surface area (Å²) in [6.07, 6.45) is 0. The summed E-state index contributed by atoms with van der Waals surface area (Å²) in [5.41, 5.74) is 0.741. The van der Waals surface area contributed by atoms with E-state index < -0.39 is 0 Å². The van der Waals surface area contributed by atoms with Crippen molar-refractivity contribution in [2.45, 2.75) is 19.5 Å². The highest BCUT2D eigenvalue weighted by Crippen LogP contribution is 2.08. The second-order valence-electron chi connectivity index (χ2n) is 4.64. The molecule has 0 heterocycles. The Morgan fingerprint density at radius 3 is 2.78 bits per heavy atom. The second-order valence-corrected chi connectivity index (χ2v) is 4.64. The summed E-state index contributed by atoms with van der Waals surface area (Å²) in [6, 6.07) is 7.25. The molecule has 0 aromatic heterocycles. The summed E-state index contributed by atoms with van der Waals surface area (Å²) < 4.78 is 18.5. The highest BCUT2D eigenvalue weighted by atomic mass is 19.1. The number of nitrogens with one attached hydrogen (secondary N) is 1. The summed E-state index contributed by atoms with van der Waals surface area (Å²) in [6.45, 7) is 5.17. The summed E-state index contributed by atoms with van der Waals surface area (Å²) >= 11 is 0. The number of nitrogens with zero attached hydrogens (tertiary/aromatic N) is 1. The molecule has 0 saturated heterocycles. The van der Waals surface area contributed by atoms with Gasteiger partial charge in [0, 0.05) is 38.3 Å². The first-order valence-corrected chi connectivity index (χ1v) is 6.27. The highest BCUT2D eigenvalue weighted by Gasteiger charge is 2.05. The number of ether oxygens (including phenoxy) is 1. The van der Waals surface area contributed by atoms with Gasteiger partial charge in [0.05, 0.1) is 6.61 Å². The Hall–Kier alpha value is -0.970. The molecule has 1 N–H and O–H groups in total. The maximum atomic E-state index is 13.4. The molecule has 4 heteroatoms. The lowest BCUT2D eigenvalue weighted by Gasteiger charge is -2.19. The largest absolute Gasteiger partial charge is 0.383 e. The van der Waals surface area contributed by atoms with Crippen molar-refractivity contribution in [1.82, 2.24) is 10.2 Å². The van der Waals surface area contributed by atoms with Gasteiger partial charge >= 0.3 is 0 Å². The molecule has 1 unspecified atom stereocenters. The fourth-order valence-electron chi connectivity index (χ4n) is 1.81. The van der Waals surface area contributed by atoms with E-state index in [1.165, 1.54) is 6.07 Å². The molecule has 0 bridgehead atoms. The van der Waals surface area contributed by atoms with Crippen LogP contribution in [0.15, 0.2) is 24.3 Å². The molecule has 0 spiro atoms. The van der Waals surface area contributed by atoms with Gasteiger partial charge in [-0.3, -0.25) is 0 Å². The number of rotatable bonds is 8. The molecule has 0 aliphatic rings. The molecule has 0 aliphatic carbocycles. The molecule has 18 heavy (non-hydrogen) atoms. The van der Waals surface area contributed by atoms with Gasteiger partial charge in [0.25, 0.3) is 0 Å². The Kier molecular flexibility index (Phi) is 6.86. The number of methoxy groups -OCH3 is 1. The first-order chi connectivity index (χ1) is 8.63. The van der Waals surface area contributed by atoms with E-state index in [1.54, 1.807) is 13.2 Å². The molecule has 102 valence electrons. The maximum Gasteiger partial charge on any atom is 0.127 e. The highest BCUT2D eigenvalue weighted by molar-refractivity contribution is 5.16. The fraction of sp³-hybridized carbons (Fsp3) is 0.571. The van der Waals surface area contributed by atoms with E-state index in [2.05, 4.69) is 17.1 Å². The predicted octanol–water partition coefficient (Wildman–Crippen LogP) is 1.88. The summed E-state index contributed by atoms with van der Waals surface area (Å²) in [5, 5.41) is 3.35. The molecule has 0 fully saturated rings. The first-order valence-electron chi connectivity index (χ1n) is 6.27. The van der Waals surface area contributed by atoms with E-state index in [-0.39, 0.29) is 5.82 Å². The molecule has 0 saturated carbocycles. The van der Waals surface area contributed by atoms with Crippen LogP contribution in [0.3, 0.4) is 0 Å². The van der Waals surface area contributed by atoms with Crippen LogP contribution in [0.4, 0.5) is 4.39 Å². The molecule has 1 aromatic rings. The zero-order valence-electron chi connectivity index (χ0n) is 11.4. The number of halogens is 1. The van der Waals surface area contributed by atoms with Gasteiger partial charge in [-0.25, -0.2) is 4.39 Å². The van der Waals surface area contributed by atoms with Gasteiger partial charge < -0.3 is 15.0 Å². The summed E-state index contributed by atoms with van der Waals surface area (Å²) in [4.78, 5) is 2.10. The number of benzene rings is 1. The topological polar surface area (TPSA) is 24.5 Å². The molecular formula is C14H23FN2O. The third kappa shape index (κ3) is 5.58. The lowest BCUT2D eigenvalue weighted by molar-refractivity contribution is 0.170. The molecule has 1 aromatic carbocycles. The standard InChI is InChI=1S/C14H23FN2O/c1-12(11-18-3)16-8-9-17(2)10-13-6-4-5-7-14(13)15/h4-7,12,16H,8-11H2,1-3H3. The maximum absolute atomic E-state index is 13.4. The SMILES string of the molecule is COCC(C)NCCN(C)Cc1ccccc1F. The van der Waals surface area contributed by atoms with E-state index in [0.29, 0.717) is 19.2 Å². The Morgan fingerprint density at radius 2 is 2.11 bits per heavy atom. The predicted molar refractivity (Wildman–Crippen MR) is 72.1 cm³/mol. The van der Waals surface area contributed by atoms with Gasteiger partial charge in [-0.2, -0.15) is 0 Å².